The lowest BCUT2D eigenvalue weighted by Gasteiger charge is -2.25. The molecule has 0 saturated carbocycles. The molecule has 3 atom stereocenters. The summed E-state index contributed by atoms with van der Waals surface area (Å²) in [6.45, 7) is 4.77. The average molecular weight is 852 g/mol. The number of aliphatic hydroxyl groups is 1. The highest BCUT2D eigenvalue weighted by Gasteiger charge is 2.27. The van der Waals surface area contributed by atoms with Crippen LogP contribution >= 0.6 is 7.82 Å². The van der Waals surface area contributed by atoms with Crippen LogP contribution in [-0.2, 0) is 18.4 Å². The van der Waals surface area contributed by atoms with E-state index in [1.54, 1.807) is 6.08 Å². The number of quaternary nitrogens is 1. The van der Waals surface area contributed by atoms with E-state index in [2.05, 4.69) is 55.6 Å². The van der Waals surface area contributed by atoms with E-state index in [4.69, 9.17) is 9.05 Å². The van der Waals surface area contributed by atoms with Crippen molar-refractivity contribution in [2.45, 2.75) is 225 Å². The minimum atomic E-state index is -4.35. The van der Waals surface area contributed by atoms with Crippen LogP contribution in [0.15, 0.2) is 48.6 Å². The lowest BCUT2D eigenvalue weighted by Crippen LogP contribution is -2.45. The third-order valence-corrected chi connectivity index (χ3v) is 11.7. The van der Waals surface area contributed by atoms with Crippen molar-refractivity contribution in [3.8, 4) is 0 Å². The molecule has 0 radical (unpaired) electrons. The molecule has 8 nitrogen and oxygen atoms in total. The molecule has 0 aliphatic rings. The van der Waals surface area contributed by atoms with Gasteiger partial charge in [-0.3, -0.25) is 13.8 Å². The number of carbonyl (C=O) groups excluding carboxylic acids is 1. The minimum absolute atomic E-state index is 0.0519. The van der Waals surface area contributed by atoms with E-state index < -0.39 is 20.0 Å². The molecule has 1 amide bonds. The molecule has 0 aromatic rings. The van der Waals surface area contributed by atoms with Gasteiger partial charge in [-0.2, -0.15) is 0 Å². The standard InChI is InChI=1S/C50H95N2O6P/c1-6-8-10-12-14-16-18-20-22-23-24-25-26-27-28-30-31-33-35-37-39-41-43-49(53)48(47-58-59(55,56)57-46-45-52(3,4)5)51-50(54)44-42-40-38-36-34-32-29-21-19-17-15-13-11-9-7-2/h17,19,27-28,33,35,41,43,48-49,53H,6-16,18,20-26,29-32,34,36-40,42,44-47H2,1-5H3,(H-,51,54,55,56)/p+1/b19-17-,28-27+,35-33+,43-41+. The summed E-state index contributed by atoms with van der Waals surface area (Å²) in [6.07, 6.45) is 53.3. The number of phosphoric ester groups is 1. The number of phosphoric acid groups is 1. The normalized spacial score (nSPS) is 14.6. The molecule has 9 heteroatoms. The largest absolute Gasteiger partial charge is 0.472 e. The number of nitrogens with one attached hydrogen (secondary N) is 1. The molecule has 0 aromatic carbocycles. The molecule has 59 heavy (non-hydrogen) atoms. The second kappa shape index (κ2) is 41.8. The van der Waals surface area contributed by atoms with E-state index in [9.17, 15) is 19.4 Å². The molecule has 3 unspecified atom stereocenters. The van der Waals surface area contributed by atoms with Gasteiger partial charge in [0.2, 0.25) is 5.91 Å². The fourth-order valence-corrected chi connectivity index (χ4v) is 7.57. The minimum Gasteiger partial charge on any atom is -0.387 e. The highest BCUT2D eigenvalue weighted by atomic mass is 31.2. The third-order valence-electron chi connectivity index (χ3n) is 10.7. The van der Waals surface area contributed by atoms with Crippen LogP contribution in [0.5, 0.6) is 0 Å². The van der Waals surface area contributed by atoms with Gasteiger partial charge in [0.25, 0.3) is 0 Å². The van der Waals surface area contributed by atoms with Gasteiger partial charge in [0.15, 0.2) is 0 Å². The van der Waals surface area contributed by atoms with Gasteiger partial charge in [0, 0.05) is 6.42 Å². The summed E-state index contributed by atoms with van der Waals surface area (Å²) in [5, 5.41) is 13.8. The van der Waals surface area contributed by atoms with Gasteiger partial charge in [-0.05, 0) is 70.6 Å². The molecule has 0 saturated heterocycles. The first-order valence-corrected chi connectivity index (χ1v) is 26.0. The van der Waals surface area contributed by atoms with Crippen molar-refractivity contribution in [2.24, 2.45) is 0 Å². The number of carbonyl (C=O) groups is 1. The lowest BCUT2D eigenvalue weighted by molar-refractivity contribution is -0.870. The smallest absolute Gasteiger partial charge is 0.387 e. The molecular formula is C50H96N2O6P+. The van der Waals surface area contributed by atoms with E-state index in [0.717, 1.165) is 44.9 Å². The molecule has 0 rings (SSSR count). The molecule has 0 aliphatic carbocycles. The zero-order valence-corrected chi connectivity index (χ0v) is 40.1. The summed E-state index contributed by atoms with van der Waals surface area (Å²) >= 11 is 0. The highest BCUT2D eigenvalue weighted by Crippen LogP contribution is 2.43. The number of rotatable bonds is 44. The van der Waals surface area contributed by atoms with Crippen molar-refractivity contribution in [1.82, 2.24) is 5.32 Å². The van der Waals surface area contributed by atoms with Gasteiger partial charge in [0.05, 0.1) is 39.9 Å². The van der Waals surface area contributed by atoms with Gasteiger partial charge in [-0.25, -0.2) is 4.57 Å². The Morgan fingerprint density at radius 3 is 1.37 bits per heavy atom. The number of hydrogen-bond donors (Lipinski definition) is 3. The molecular weight excluding hydrogens is 756 g/mol. The number of allylic oxidation sites excluding steroid dienone is 7. The van der Waals surface area contributed by atoms with Crippen molar-refractivity contribution in [1.29, 1.82) is 0 Å². The summed E-state index contributed by atoms with van der Waals surface area (Å²) in [4.78, 5) is 23.1. The Hall–Kier alpha value is -1.54. The fraction of sp³-hybridized carbons (Fsp3) is 0.820. The third kappa shape index (κ3) is 44.3. The first-order chi connectivity index (χ1) is 28.5. The van der Waals surface area contributed by atoms with Crippen molar-refractivity contribution in [3.05, 3.63) is 48.6 Å². The van der Waals surface area contributed by atoms with Crippen LogP contribution in [0.25, 0.3) is 0 Å². The monoisotopic (exact) mass is 852 g/mol. The Morgan fingerprint density at radius 2 is 0.932 bits per heavy atom. The predicted octanol–water partition coefficient (Wildman–Crippen LogP) is 14.0. The van der Waals surface area contributed by atoms with Gasteiger partial charge in [-0.15, -0.1) is 0 Å². The van der Waals surface area contributed by atoms with Crippen LogP contribution in [0.2, 0.25) is 0 Å². The SMILES string of the molecule is CCCCCC/C=C\CCCCCCCCCC(=O)NC(COP(=O)(O)OCC[N+](C)(C)C)C(O)/C=C/CC/C=C/CC/C=C/CCCCCCCCCCCCCC. The number of nitrogens with zero attached hydrogens (tertiary/aromatic N) is 1. The molecule has 0 heterocycles. The van der Waals surface area contributed by atoms with Crippen LogP contribution in [0.3, 0.4) is 0 Å². The highest BCUT2D eigenvalue weighted by molar-refractivity contribution is 7.47. The van der Waals surface area contributed by atoms with Crippen LogP contribution in [-0.4, -0.2) is 73.4 Å². The summed E-state index contributed by atoms with van der Waals surface area (Å²) in [5.41, 5.74) is 0. The first-order valence-electron chi connectivity index (χ1n) is 24.5. The van der Waals surface area contributed by atoms with Crippen molar-refractivity contribution in [3.63, 3.8) is 0 Å². The fourth-order valence-electron chi connectivity index (χ4n) is 6.83. The van der Waals surface area contributed by atoms with E-state index in [0.29, 0.717) is 17.4 Å². The van der Waals surface area contributed by atoms with Gasteiger partial charge < -0.3 is 19.8 Å². The summed E-state index contributed by atoms with van der Waals surface area (Å²) in [5.74, 6) is -0.197. The van der Waals surface area contributed by atoms with Crippen LogP contribution in [0, 0.1) is 0 Å². The van der Waals surface area contributed by atoms with Crippen molar-refractivity contribution < 1.29 is 32.9 Å². The maximum Gasteiger partial charge on any atom is 0.472 e. The van der Waals surface area contributed by atoms with E-state index in [1.807, 2.05) is 27.2 Å². The number of likely N-dealkylation sites (N-methyl/N-ethyl adjacent to an activating group) is 1. The predicted molar refractivity (Wildman–Crippen MR) is 254 cm³/mol. The lowest BCUT2D eigenvalue weighted by atomic mass is 10.0. The molecule has 0 spiro atoms. The van der Waals surface area contributed by atoms with Crippen LogP contribution in [0.1, 0.15) is 213 Å². The number of aliphatic hydroxyl groups excluding tert-OH is 1. The summed E-state index contributed by atoms with van der Waals surface area (Å²) < 4.78 is 23.6. The van der Waals surface area contributed by atoms with E-state index in [-0.39, 0.29) is 19.1 Å². The van der Waals surface area contributed by atoms with Gasteiger partial charge in [0.1, 0.15) is 13.2 Å². The number of hydrogen-bond acceptors (Lipinski definition) is 5. The Morgan fingerprint density at radius 1 is 0.559 bits per heavy atom. The second-order valence-corrected chi connectivity index (χ2v) is 19.3. The quantitative estimate of drug-likeness (QED) is 0.0244. The second-order valence-electron chi connectivity index (χ2n) is 17.8. The Balaban J connectivity index is 4.43. The van der Waals surface area contributed by atoms with Crippen molar-refractivity contribution >= 4 is 13.7 Å². The summed E-state index contributed by atoms with van der Waals surface area (Å²) in [7, 11) is 1.54. The van der Waals surface area contributed by atoms with E-state index >= 15 is 0 Å². The average Bonchev–Trinajstić information content (AvgIpc) is 3.19. The van der Waals surface area contributed by atoms with Crippen molar-refractivity contribution in [2.75, 3.05) is 40.9 Å². The zero-order chi connectivity index (χ0) is 43.6. The van der Waals surface area contributed by atoms with Crippen LogP contribution < -0.4 is 5.32 Å². The Bertz CT molecular complexity index is 1100. The molecule has 0 aromatic heterocycles. The Kier molecular flexibility index (Phi) is 40.7. The van der Waals surface area contributed by atoms with Crippen LogP contribution in [0.4, 0.5) is 0 Å². The van der Waals surface area contributed by atoms with Gasteiger partial charge >= 0.3 is 7.82 Å². The molecule has 3 N–H and O–H groups in total. The zero-order valence-electron chi connectivity index (χ0n) is 39.2. The maximum atomic E-state index is 12.9. The molecule has 0 bridgehead atoms. The molecule has 0 fully saturated rings. The number of amides is 1. The summed E-state index contributed by atoms with van der Waals surface area (Å²) in [6, 6.07) is -0.871. The Labute approximate surface area is 365 Å². The maximum absolute atomic E-state index is 12.9. The molecule has 346 valence electrons. The first kappa shape index (κ1) is 57.5. The number of unbranched alkanes of at least 4 members (excludes halogenated alkanes) is 25. The molecule has 0 aliphatic heterocycles. The van der Waals surface area contributed by atoms with Gasteiger partial charge in [-0.1, -0.05) is 184 Å². The topological polar surface area (TPSA) is 105 Å². The van der Waals surface area contributed by atoms with E-state index in [1.165, 1.54) is 148 Å².